The van der Waals surface area contributed by atoms with E-state index in [1.54, 1.807) is 6.07 Å². The molecule has 0 saturated heterocycles. The molecule has 0 heterocycles. The van der Waals surface area contributed by atoms with Crippen molar-refractivity contribution in [3.8, 4) is 5.75 Å². The van der Waals surface area contributed by atoms with Crippen molar-refractivity contribution in [3.05, 3.63) is 35.4 Å². The molecule has 0 unspecified atom stereocenters. The lowest BCUT2D eigenvalue weighted by Crippen LogP contribution is -2.10. The van der Waals surface area contributed by atoms with Crippen LogP contribution in [0, 0.1) is 0 Å². The van der Waals surface area contributed by atoms with Gasteiger partial charge in [-0.05, 0) is 29.5 Å². The van der Waals surface area contributed by atoms with Crippen LogP contribution in [0.2, 0.25) is 0 Å². The summed E-state index contributed by atoms with van der Waals surface area (Å²) >= 11 is 5.60. The Hall–Kier alpha value is -0.950. The third-order valence-corrected chi connectivity index (χ3v) is 2.68. The Morgan fingerprint density at radius 1 is 1.31 bits per heavy atom. The van der Waals surface area contributed by atoms with Crippen LogP contribution < -0.4 is 0 Å². The molecule has 88 valence electrons. The highest BCUT2D eigenvalue weighted by atomic mass is 35.5. The predicted molar refractivity (Wildman–Crippen MR) is 71.2 cm³/mol. The quantitative estimate of drug-likeness (QED) is 0.777. The van der Waals surface area contributed by atoms with Crippen molar-refractivity contribution in [1.82, 2.24) is 0 Å². The molecule has 1 rings (SSSR count). The van der Waals surface area contributed by atoms with E-state index in [1.807, 2.05) is 24.3 Å². The van der Waals surface area contributed by atoms with Gasteiger partial charge < -0.3 is 5.11 Å². The van der Waals surface area contributed by atoms with Crippen LogP contribution in [0.3, 0.4) is 0 Å². The molecule has 0 fully saturated rings. The van der Waals surface area contributed by atoms with Crippen LogP contribution in [-0.4, -0.2) is 11.0 Å². The molecule has 1 aromatic carbocycles. The Balaban J connectivity index is 3.00. The first-order chi connectivity index (χ1) is 7.45. The number of phenols is 1. The van der Waals surface area contributed by atoms with Gasteiger partial charge in [0.1, 0.15) is 5.75 Å². The van der Waals surface area contributed by atoms with Crippen LogP contribution in [0.1, 0.15) is 38.3 Å². The Labute approximate surface area is 103 Å². The number of alkyl halides is 1. The number of aromatic hydroxyl groups is 1. The zero-order valence-electron chi connectivity index (χ0n) is 10.1. The van der Waals surface area contributed by atoms with Gasteiger partial charge in [-0.25, -0.2) is 0 Å². The lowest BCUT2D eigenvalue weighted by atomic mass is 9.86. The number of benzene rings is 1. The minimum atomic E-state index is 0.1000. The second kappa shape index (κ2) is 5.40. The minimum Gasteiger partial charge on any atom is -0.507 e. The van der Waals surface area contributed by atoms with E-state index < -0.39 is 0 Å². The number of rotatable bonds is 3. The third kappa shape index (κ3) is 3.57. The first-order valence-corrected chi connectivity index (χ1v) is 6.04. The molecular formula is C14H19ClO. The van der Waals surface area contributed by atoms with Crippen molar-refractivity contribution in [1.29, 1.82) is 0 Å². The maximum absolute atomic E-state index is 9.72. The maximum atomic E-state index is 9.72. The van der Waals surface area contributed by atoms with Gasteiger partial charge in [-0.1, -0.05) is 39.0 Å². The summed E-state index contributed by atoms with van der Waals surface area (Å²) in [5, 5.41) is 9.72. The van der Waals surface area contributed by atoms with Gasteiger partial charge in [0.25, 0.3) is 0 Å². The highest BCUT2D eigenvalue weighted by Crippen LogP contribution is 2.28. The van der Waals surface area contributed by atoms with Crippen molar-refractivity contribution in [2.24, 2.45) is 0 Å². The van der Waals surface area contributed by atoms with Gasteiger partial charge in [0, 0.05) is 11.4 Å². The monoisotopic (exact) mass is 238 g/mol. The van der Waals surface area contributed by atoms with E-state index in [4.69, 9.17) is 11.6 Å². The van der Waals surface area contributed by atoms with E-state index in [0.29, 0.717) is 11.6 Å². The zero-order valence-corrected chi connectivity index (χ0v) is 10.9. The highest BCUT2D eigenvalue weighted by Gasteiger charge is 2.14. The number of phenolic OH excluding ortho intramolecular Hbond substituents is 1. The van der Waals surface area contributed by atoms with Crippen LogP contribution in [-0.2, 0) is 5.41 Å². The number of allylic oxidation sites excluding steroid dienone is 1. The van der Waals surface area contributed by atoms with E-state index in [2.05, 4.69) is 20.8 Å². The predicted octanol–water partition coefficient (Wildman–Crippen LogP) is 4.33. The summed E-state index contributed by atoms with van der Waals surface area (Å²) in [6.45, 7) is 6.48. The number of halogens is 1. The molecule has 0 amide bonds. The molecule has 0 aliphatic heterocycles. The Morgan fingerprint density at radius 2 is 2.00 bits per heavy atom. The van der Waals surface area contributed by atoms with Gasteiger partial charge in [-0.3, -0.25) is 0 Å². The largest absolute Gasteiger partial charge is 0.507 e. The van der Waals surface area contributed by atoms with Gasteiger partial charge >= 0.3 is 0 Å². The van der Waals surface area contributed by atoms with Crippen molar-refractivity contribution in [3.63, 3.8) is 0 Å². The molecule has 0 radical (unpaired) electrons. The molecule has 0 aliphatic rings. The molecule has 2 heteroatoms. The smallest absolute Gasteiger partial charge is 0.122 e. The van der Waals surface area contributed by atoms with Crippen LogP contribution in [0.25, 0.3) is 6.08 Å². The highest BCUT2D eigenvalue weighted by molar-refractivity contribution is 6.17. The third-order valence-electron chi connectivity index (χ3n) is 2.47. The summed E-state index contributed by atoms with van der Waals surface area (Å²) in [6, 6.07) is 5.75. The topological polar surface area (TPSA) is 20.2 Å². The molecule has 1 aromatic rings. The van der Waals surface area contributed by atoms with Gasteiger partial charge in [-0.15, -0.1) is 11.6 Å². The second-order valence-corrected chi connectivity index (χ2v) is 5.28. The molecule has 1 N–H and O–H groups in total. The van der Waals surface area contributed by atoms with Gasteiger partial charge in [-0.2, -0.15) is 0 Å². The SMILES string of the molecule is CC(C)(C)c1ccc(O)c(C=CCCCl)c1. The van der Waals surface area contributed by atoms with E-state index in [1.165, 1.54) is 5.56 Å². The first-order valence-electron chi connectivity index (χ1n) is 5.51. The lowest BCUT2D eigenvalue weighted by molar-refractivity contribution is 0.472. The van der Waals surface area contributed by atoms with Gasteiger partial charge in [0.2, 0.25) is 0 Å². The normalized spacial score (nSPS) is 12.2. The van der Waals surface area contributed by atoms with Crippen LogP contribution in [0.4, 0.5) is 0 Å². The Bertz CT molecular complexity index is 375. The Kier molecular flexibility index (Phi) is 4.43. The molecule has 0 aliphatic carbocycles. The van der Waals surface area contributed by atoms with Gasteiger partial charge in [0.05, 0.1) is 0 Å². The van der Waals surface area contributed by atoms with Crippen molar-refractivity contribution >= 4 is 17.7 Å². The summed E-state index contributed by atoms with van der Waals surface area (Å²) < 4.78 is 0. The average Bonchev–Trinajstić information content (AvgIpc) is 2.19. The standard InChI is InChI=1S/C14H19ClO/c1-14(2,3)12-7-8-13(16)11(10-12)6-4-5-9-15/h4,6-8,10,16H,5,9H2,1-3H3. The molecule has 0 saturated carbocycles. The molecule has 0 spiro atoms. The fourth-order valence-corrected chi connectivity index (χ4v) is 1.55. The molecule has 1 nitrogen and oxygen atoms in total. The molecule has 0 bridgehead atoms. The summed E-state index contributed by atoms with van der Waals surface area (Å²) in [6.07, 6.45) is 4.72. The molecule has 0 atom stereocenters. The summed E-state index contributed by atoms with van der Waals surface area (Å²) in [5.74, 6) is 0.926. The second-order valence-electron chi connectivity index (χ2n) is 4.90. The zero-order chi connectivity index (χ0) is 12.2. The first kappa shape index (κ1) is 13.1. The summed E-state index contributed by atoms with van der Waals surface area (Å²) in [4.78, 5) is 0. The van der Waals surface area contributed by atoms with Crippen LogP contribution in [0.15, 0.2) is 24.3 Å². The van der Waals surface area contributed by atoms with Crippen LogP contribution in [0.5, 0.6) is 5.75 Å². The fraction of sp³-hybridized carbons (Fsp3) is 0.429. The van der Waals surface area contributed by atoms with E-state index in [9.17, 15) is 5.11 Å². The summed E-state index contributed by atoms with van der Waals surface area (Å²) in [5.41, 5.74) is 2.18. The maximum Gasteiger partial charge on any atom is 0.122 e. The fourth-order valence-electron chi connectivity index (χ4n) is 1.43. The lowest BCUT2D eigenvalue weighted by Gasteiger charge is -2.19. The minimum absolute atomic E-state index is 0.1000. The molecular weight excluding hydrogens is 220 g/mol. The number of hydrogen-bond donors (Lipinski definition) is 1. The summed E-state index contributed by atoms with van der Waals surface area (Å²) in [7, 11) is 0. The van der Waals surface area contributed by atoms with E-state index in [0.717, 1.165) is 12.0 Å². The molecule has 16 heavy (non-hydrogen) atoms. The molecule has 0 aromatic heterocycles. The van der Waals surface area contributed by atoms with Crippen LogP contribution >= 0.6 is 11.6 Å². The number of hydrogen-bond acceptors (Lipinski definition) is 1. The Morgan fingerprint density at radius 3 is 2.56 bits per heavy atom. The van der Waals surface area contributed by atoms with E-state index in [-0.39, 0.29) is 5.41 Å². The van der Waals surface area contributed by atoms with Gasteiger partial charge in [0.15, 0.2) is 0 Å². The average molecular weight is 239 g/mol. The van der Waals surface area contributed by atoms with E-state index >= 15 is 0 Å². The van der Waals surface area contributed by atoms with Crippen molar-refractivity contribution in [2.75, 3.05) is 5.88 Å². The van der Waals surface area contributed by atoms with Crippen molar-refractivity contribution in [2.45, 2.75) is 32.6 Å². The van der Waals surface area contributed by atoms with Crippen molar-refractivity contribution < 1.29 is 5.11 Å².